The molecule has 0 fully saturated rings. The first-order chi connectivity index (χ1) is 13.7. The minimum absolute atomic E-state index is 0.0824. The van der Waals surface area contributed by atoms with Crippen molar-refractivity contribution in [3.8, 4) is 16.5 Å². The molecule has 0 saturated heterocycles. The number of pyridine rings is 1. The molecule has 0 aliphatic rings. The van der Waals surface area contributed by atoms with Crippen molar-refractivity contribution in [1.82, 2.24) is 20.2 Å². The normalized spacial score (nSPS) is 11.8. The zero-order valence-electron chi connectivity index (χ0n) is 14.6. The number of alkyl halides is 5. The second kappa shape index (κ2) is 8.90. The molecular weight excluding hydrogens is 441 g/mol. The third kappa shape index (κ3) is 5.76. The van der Waals surface area contributed by atoms with Crippen LogP contribution in [0.3, 0.4) is 0 Å². The van der Waals surface area contributed by atoms with Gasteiger partial charge in [0.15, 0.2) is 0 Å². The highest BCUT2D eigenvalue weighted by Crippen LogP contribution is 2.32. The lowest BCUT2D eigenvalue weighted by Gasteiger charge is -2.22. The first-order valence-corrected chi connectivity index (χ1v) is 9.69. The van der Waals surface area contributed by atoms with Crippen LogP contribution < -0.4 is 9.04 Å². The maximum absolute atomic E-state index is 12.6. The number of anilines is 1. The Balaban J connectivity index is 1.77. The lowest BCUT2D eigenvalue weighted by atomic mass is 10.4. The Labute approximate surface area is 169 Å². The van der Waals surface area contributed by atoms with Gasteiger partial charge in [0.1, 0.15) is 15.6 Å². The molecule has 0 aliphatic heterocycles. The minimum Gasteiger partial charge on any atom is -0.414 e. The number of aromatic nitrogens is 4. The Hall–Kier alpha value is -2.48. The van der Waals surface area contributed by atoms with Crippen LogP contribution in [0.4, 0.5) is 27.6 Å². The van der Waals surface area contributed by atoms with Crippen molar-refractivity contribution < 1.29 is 31.1 Å². The van der Waals surface area contributed by atoms with E-state index >= 15 is 0 Å². The number of nitrogens with zero attached hydrogens (tertiary/aromatic N) is 5. The topological polar surface area (TPSA) is 77.2 Å². The standard InChI is InChI=1S/C15H12F5N5O2S2/c1-2-28-25(8-3-9(5-21-4-8)27-15(18,19)20)7-11-22-6-10(29-11)13-23-24-14(26-13)12(16)17/h3-6,12H,2,7H2,1H3. The molecular formula is C15H12F5N5O2S2. The molecule has 7 nitrogen and oxygen atoms in total. The predicted octanol–water partition coefficient (Wildman–Crippen LogP) is 5.10. The van der Waals surface area contributed by atoms with E-state index in [1.165, 1.54) is 30.4 Å². The first kappa shape index (κ1) is 21.2. The van der Waals surface area contributed by atoms with Crippen LogP contribution in [0.15, 0.2) is 29.1 Å². The van der Waals surface area contributed by atoms with Gasteiger partial charge >= 0.3 is 12.8 Å². The van der Waals surface area contributed by atoms with Gasteiger partial charge in [-0.25, -0.2) is 4.98 Å². The average Bonchev–Trinajstić information content (AvgIpc) is 3.29. The third-order valence-corrected chi connectivity index (χ3v) is 5.06. The lowest BCUT2D eigenvalue weighted by Crippen LogP contribution is -2.18. The summed E-state index contributed by atoms with van der Waals surface area (Å²) in [5.74, 6) is -0.683. The smallest absolute Gasteiger partial charge is 0.414 e. The molecule has 14 heteroatoms. The van der Waals surface area contributed by atoms with Crippen LogP contribution in [0.2, 0.25) is 0 Å². The molecule has 0 saturated carbocycles. The Morgan fingerprint density at radius 1 is 1.24 bits per heavy atom. The second-order valence-corrected chi connectivity index (χ2v) is 7.64. The number of hydrogen-bond acceptors (Lipinski definition) is 9. The fraction of sp³-hybridized carbons (Fsp3) is 0.333. The molecule has 0 radical (unpaired) electrons. The summed E-state index contributed by atoms with van der Waals surface area (Å²) < 4.78 is 73.0. The zero-order chi connectivity index (χ0) is 21.0. The molecule has 0 N–H and O–H groups in total. The van der Waals surface area contributed by atoms with Gasteiger partial charge in [-0.1, -0.05) is 6.92 Å². The van der Waals surface area contributed by atoms with E-state index in [1.807, 2.05) is 6.92 Å². The Morgan fingerprint density at radius 2 is 2.03 bits per heavy atom. The largest absolute Gasteiger partial charge is 0.573 e. The number of ether oxygens (including phenoxy) is 1. The van der Waals surface area contributed by atoms with Crippen LogP contribution in [0.25, 0.3) is 10.8 Å². The molecule has 3 rings (SSSR count). The summed E-state index contributed by atoms with van der Waals surface area (Å²) >= 11 is 2.47. The highest BCUT2D eigenvalue weighted by atomic mass is 32.2. The molecule has 0 spiro atoms. The van der Waals surface area contributed by atoms with Crippen LogP contribution in [0, 0.1) is 0 Å². The summed E-state index contributed by atoms with van der Waals surface area (Å²) in [5.41, 5.74) is 0.383. The van der Waals surface area contributed by atoms with Crippen molar-refractivity contribution >= 4 is 29.0 Å². The van der Waals surface area contributed by atoms with Crippen molar-refractivity contribution in [2.45, 2.75) is 26.3 Å². The third-order valence-electron chi connectivity index (χ3n) is 3.18. The Kier molecular flexibility index (Phi) is 6.52. The van der Waals surface area contributed by atoms with Gasteiger partial charge in [-0.3, -0.25) is 4.98 Å². The highest BCUT2D eigenvalue weighted by molar-refractivity contribution is 8.00. The molecule has 3 heterocycles. The molecule has 3 aromatic rings. The van der Waals surface area contributed by atoms with Crippen LogP contribution in [0.1, 0.15) is 24.2 Å². The van der Waals surface area contributed by atoms with Crippen molar-refractivity contribution in [2.24, 2.45) is 0 Å². The summed E-state index contributed by atoms with van der Waals surface area (Å²) in [6, 6.07) is 1.21. The van der Waals surface area contributed by atoms with E-state index < -0.39 is 24.4 Å². The molecule has 156 valence electrons. The van der Waals surface area contributed by atoms with Gasteiger partial charge in [0.2, 0.25) is 0 Å². The quantitative estimate of drug-likeness (QED) is 0.345. The molecule has 3 aromatic heterocycles. The number of halogens is 5. The van der Waals surface area contributed by atoms with E-state index in [-0.39, 0.29) is 12.4 Å². The lowest BCUT2D eigenvalue weighted by molar-refractivity contribution is -0.274. The van der Waals surface area contributed by atoms with E-state index in [9.17, 15) is 22.0 Å². The maximum atomic E-state index is 12.6. The van der Waals surface area contributed by atoms with Crippen LogP contribution in [-0.2, 0) is 6.54 Å². The van der Waals surface area contributed by atoms with Crippen molar-refractivity contribution in [1.29, 1.82) is 0 Å². The van der Waals surface area contributed by atoms with Crippen LogP contribution >= 0.6 is 23.3 Å². The van der Waals surface area contributed by atoms with Crippen molar-refractivity contribution in [3.63, 3.8) is 0 Å². The Bertz CT molecular complexity index is 949. The molecule has 29 heavy (non-hydrogen) atoms. The van der Waals surface area contributed by atoms with Gasteiger partial charge in [0, 0.05) is 11.8 Å². The van der Waals surface area contributed by atoms with Crippen molar-refractivity contribution in [2.75, 3.05) is 10.1 Å². The summed E-state index contributed by atoms with van der Waals surface area (Å²) in [5, 5.41) is 7.38. The summed E-state index contributed by atoms with van der Waals surface area (Å²) in [7, 11) is 0. The number of thiazole rings is 1. The van der Waals surface area contributed by atoms with E-state index in [0.29, 0.717) is 21.3 Å². The maximum Gasteiger partial charge on any atom is 0.573 e. The molecule has 0 amide bonds. The molecule has 0 unspecified atom stereocenters. The second-order valence-electron chi connectivity index (χ2n) is 5.25. The van der Waals surface area contributed by atoms with E-state index in [0.717, 1.165) is 17.5 Å². The van der Waals surface area contributed by atoms with Crippen molar-refractivity contribution in [3.05, 3.63) is 35.6 Å². The number of hydrogen-bond donors (Lipinski definition) is 0. The molecule has 0 aromatic carbocycles. The fourth-order valence-corrected chi connectivity index (χ4v) is 3.81. The first-order valence-electron chi connectivity index (χ1n) is 7.93. The zero-order valence-corrected chi connectivity index (χ0v) is 16.2. The average molecular weight is 453 g/mol. The van der Waals surface area contributed by atoms with Gasteiger partial charge in [0.25, 0.3) is 11.8 Å². The molecule has 0 aliphatic carbocycles. The van der Waals surface area contributed by atoms with E-state index in [1.54, 1.807) is 4.31 Å². The van der Waals surface area contributed by atoms with Gasteiger partial charge in [-0.05, 0) is 11.9 Å². The SMILES string of the molecule is CCSN(Cc1ncc(-c2nnc(C(F)F)o2)s1)c1cncc(OC(F)(F)F)c1. The summed E-state index contributed by atoms with van der Waals surface area (Å²) in [6.45, 7) is 2.09. The van der Waals surface area contributed by atoms with E-state index in [4.69, 9.17) is 4.42 Å². The van der Waals surface area contributed by atoms with Gasteiger partial charge in [-0.2, -0.15) is 8.78 Å². The monoisotopic (exact) mass is 453 g/mol. The van der Waals surface area contributed by atoms with Gasteiger partial charge in [0.05, 0.1) is 30.8 Å². The van der Waals surface area contributed by atoms with Gasteiger partial charge < -0.3 is 13.5 Å². The summed E-state index contributed by atoms with van der Waals surface area (Å²) in [6.07, 6.45) is -3.94. The molecule has 0 atom stereocenters. The van der Waals surface area contributed by atoms with Crippen LogP contribution in [0.5, 0.6) is 5.75 Å². The van der Waals surface area contributed by atoms with Crippen LogP contribution in [-0.4, -0.2) is 32.3 Å². The molecule has 0 bridgehead atoms. The predicted molar refractivity (Wildman–Crippen MR) is 95.6 cm³/mol. The van der Waals surface area contributed by atoms with E-state index in [2.05, 4.69) is 24.9 Å². The minimum atomic E-state index is -4.83. The Morgan fingerprint density at radius 3 is 2.69 bits per heavy atom. The highest BCUT2D eigenvalue weighted by Gasteiger charge is 2.31. The fourth-order valence-electron chi connectivity index (χ4n) is 2.13. The summed E-state index contributed by atoms with van der Waals surface area (Å²) in [4.78, 5) is 8.37. The van der Waals surface area contributed by atoms with Gasteiger partial charge in [-0.15, -0.1) is 34.7 Å². The number of rotatable bonds is 8.